The topological polar surface area (TPSA) is 95.4 Å². The average Bonchev–Trinajstić information content (AvgIpc) is 2.63. The second-order valence-electron chi connectivity index (χ2n) is 5.71. The van der Waals surface area contributed by atoms with Crippen LogP contribution >= 0.6 is 0 Å². The highest BCUT2D eigenvalue weighted by atomic mass is 16.4. The smallest absolute Gasteiger partial charge is 0.321 e. The molecule has 1 aromatic carbocycles. The van der Waals surface area contributed by atoms with Gasteiger partial charge in [0.15, 0.2) is 5.82 Å². The first-order valence-corrected chi connectivity index (χ1v) is 7.79. The van der Waals surface area contributed by atoms with E-state index in [9.17, 15) is 9.59 Å². The highest BCUT2D eigenvalue weighted by Crippen LogP contribution is 2.18. The quantitative estimate of drug-likeness (QED) is 0.903. The third-order valence-electron chi connectivity index (χ3n) is 3.99. The largest absolute Gasteiger partial charge is 0.481 e. The van der Waals surface area contributed by atoms with Crippen LogP contribution in [0.3, 0.4) is 0 Å². The van der Waals surface area contributed by atoms with Crippen LogP contribution in [0.15, 0.2) is 42.7 Å². The normalized spacial score (nSPS) is 17.3. The van der Waals surface area contributed by atoms with E-state index in [-0.39, 0.29) is 12.6 Å². The lowest BCUT2D eigenvalue weighted by Crippen LogP contribution is -2.44. The number of carbonyl (C=O) groups excluding carboxylic acids is 1. The molecule has 1 fully saturated rings. The van der Waals surface area contributed by atoms with Gasteiger partial charge in [-0.1, -0.05) is 30.3 Å². The van der Waals surface area contributed by atoms with Crippen LogP contribution in [-0.4, -0.2) is 45.1 Å². The number of benzene rings is 1. The molecule has 2 amide bonds. The zero-order valence-corrected chi connectivity index (χ0v) is 13.1. The predicted molar refractivity (Wildman–Crippen MR) is 88.4 cm³/mol. The number of likely N-dealkylation sites (tertiary alicyclic amines) is 1. The number of hydrogen-bond acceptors (Lipinski definition) is 4. The Morgan fingerprint density at radius 2 is 1.88 bits per heavy atom. The summed E-state index contributed by atoms with van der Waals surface area (Å²) in [5, 5.41) is 11.8. The van der Waals surface area contributed by atoms with Crippen LogP contribution in [0.25, 0.3) is 11.4 Å². The lowest BCUT2D eigenvalue weighted by Gasteiger charge is -2.30. The number of nitrogens with zero attached hydrogens (tertiary/aromatic N) is 3. The van der Waals surface area contributed by atoms with Crippen LogP contribution in [0.4, 0.5) is 10.5 Å². The van der Waals surface area contributed by atoms with E-state index in [2.05, 4.69) is 15.3 Å². The molecule has 1 saturated heterocycles. The SMILES string of the molecule is O=C(O)C1CCCN(C(=O)Nc2cnc(-c3ccccc3)nc2)C1. The fourth-order valence-electron chi connectivity index (χ4n) is 2.69. The minimum absolute atomic E-state index is 0.226. The highest BCUT2D eigenvalue weighted by molar-refractivity contribution is 5.89. The van der Waals surface area contributed by atoms with Crippen molar-refractivity contribution in [3.8, 4) is 11.4 Å². The predicted octanol–water partition coefficient (Wildman–Crippen LogP) is 2.47. The van der Waals surface area contributed by atoms with E-state index in [4.69, 9.17) is 5.11 Å². The van der Waals surface area contributed by atoms with Gasteiger partial charge in [0.2, 0.25) is 0 Å². The molecule has 0 aliphatic carbocycles. The van der Waals surface area contributed by atoms with E-state index in [0.29, 0.717) is 30.9 Å². The van der Waals surface area contributed by atoms with E-state index < -0.39 is 11.9 Å². The van der Waals surface area contributed by atoms with Gasteiger partial charge in [-0.3, -0.25) is 4.79 Å². The van der Waals surface area contributed by atoms with Crippen LogP contribution in [-0.2, 0) is 4.79 Å². The van der Waals surface area contributed by atoms with Crippen LogP contribution < -0.4 is 5.32 Å². The number of aliphatic carboxylic acids is 1. The standard InChI is InChI=1S/C17H18N4O3/c22-16(23)13-7-4-8-21(11-13)17(24)20-14-9-18-15(19-10-14)12-5-2-1-3-6-12/h1-3,5-6,9-10,13H,4,7-8,11H2,(H,20,24)(H,22,23). The molecule has 1 aromatic heterocycles. The third kappa shape index (κ3) is 3.68. The van der Waals surface area contributed by atoms with Crippen LogP contribution in [0.2, 0.25) is 0 Å². The van der Waals surface area contributed by atoms with Crippen molar-refractivity contribution in [2.75, 3.05) is 18.4 Å². The molecule has 7 heteroatoms. The Kier molecular flexibility index (Phi) is 4.69. The molecule has 1 aliphatic heterocycles. The van der Waals surface area contributed by atoms with Crippen LogP contribution in [0.1, 0.15) is 12.8 Å². The highest BCUT2D eigenvalue weighted by Gasteiger charge is 2.28. The van der Waals surface area contributed by atoms with E-state index in [1.807, 2.05) is 30.3 Å². The van der Waals surface area contributed by atoms with Crippen LogP contribution in [0, 0.1) is 5.92 Å². The number of hydrogen-bond donors (Lipinski definition) is 2. The van der Waals surface area contributed by atoms with Gasteiger partial charge in [-0.05, 0) is 12.8 Å². The monoisotopic (exact) mass is 326 g/mol. The van der Waals surface area contributed by atoms with Gasteiger partial charge in [0.05, 0.1) is 24.0 Å². The zero-order chi connectivity index (χ0) is 16.9. The number of rotatable bonds is 3. The second kappa shape index (κ2) is 7.08. The summed E-state index contributed by atoms with van der Waals surface area (Å²) >= 11 is 0. The van der Waals surface area contributed by atoms with Crippen molar-refractivity contribution in [3.63, 3.8) is 0 Å². The Balaban J connectivity index is 1.63. The van der Waals surface area contributed by atoms with E-state index in [0.717, 1.165) is 5.56 Å². The molecule has 2 N–H and O–H groups in total. The Morgan fingerprint density at radius 3 is 2.54 bits per heavy atom. The molecule has 2 heterocycles. The molecule has 0 spiro atoms. The zero-order valence-electron chi connectivity index (χ0n) is 13.1. The van der Waals surface area contributed by atoms with Crippen molar-refractivity contribution in [3.05, 3.63) is 42.7 Å². The first-order chi connectivity index (χ1) is 11.6. The average molecular weight is 326 g/mol. The Hall–Kier alpha value is -2.96. The molecule has 7 nitrogen and oxygen atoms in total. The van der Waals surface area contributed by atoms with Gasteiger partial charge >= 0.3 is 12.0 Å². The number of carboxylic acid groups (broad SMARTS) is 1. The Morgan fingerprint density at radius 1 is 1.17 bits per heavy atom. The fraction of sp³-hybridized carbons (Fsp3) is 0.294. The van der Waals surface area contributed by atoms with Gasteiger partial charge < -0.3 is 15.3 Å². The molecule has 0 radical (unpaired) electrons. The Labute approximate surface area is 139 Å². The third-order valence-corrected chi connectivity index (χ3v) is 3.99. The summed E-state index contributed by atoms with van der Waals surface area (Å²) in [7, 11) is 0. The van der Waals surface area contributed by atoms with Gasteiger partial charge in [-0.25, -0.2) is 14.8 Å². The minimum Gasteiger partial charge on any atom is -0.481 e. The number of anilines is 1. The van der Waals surface area contributed by atoms with Crippen molar-refractivity contribution in [1.82, 2.24) is 14.9 Å². The lowest BCUT2D eigenvalue weighted by molar-refractivity contribution is -0.143. The lowest BCUT2D eigenvalue weighted by atomic mass is 9.99. The number of nitrogens with one attached hydrogen (secondary N) is 1. The molecule has 1 unspecified atom stereocenters. The molecule has 3 rings (SSSR count). The van der Waals surface area contributed by atoms with Crippen molar-refractivity contribution in [1.29, 1.82) is 0 Å². The maximum Gasteiger partial charge on any atom is 0.321 e. The van der Waals surface area contributed by atoms with E-state index >= 15 is 0 Å². The maximum atomic E-state index is 12.3. The number of carboxylic acids is 1. The molecule has 0 saturated carbocycles. The Bertz CT molecular complexity index is 718. The fourth-order valence-corrected chi connectivity index (χ4v) is 2.69. The summed E-state index contributed by atoms with van der Waals surface area (Å²) in [5.41, 5.74) is 1.38. The van der Waals surface area contributed by atoms with Crippen molar-refractivity contribution < 1.29 is 14.7 Å². The van der Waals surface area contributed by atoms with Gasteiger partial charge in [0.1, 0.15) is 0 Å². The van der Waals surface area contributed by atoms with Crippen molar-refractivity contribution in [2.45, 2.75) is 12.8 Å². The van der Waals surface area contributed by atoms with Crippen molar-refractivity contribution in [2.24, 2.45) is 5.92 Å². The summed E-state index contributed by atoms with van der Waals surface area (Å²) in [4.78, 5) is 33.4. The minimum atomic E-state index is -0.858. The van der Waals surface area contributed by atoms with Gasteiger partial charge in [-0.2, -0.15) is 0 Å². The maximum absolute atomic E-state index is 12.3. The molecular weight excluding hydrogens is 308 g/mol. The summed E-state index contributed by atoms with van der Waals surface area (Å²) in [6, 6.07) is 9.23. The van der Waals surface area contributed by atoms with Gasteiger partial charge in [0.25, 0.3) is 0 Å². The molecule has 0 bridgehead atoms. The molecular formula is C17H18N4O3. The summed E-state index contributed by atoms with van der Waals surface area (Å²) in [6.07, 6.45) is 4.39. The summed E-state index contributed by atoms with van der Waals surface area (Å²) in [5.74, 6) is -0.776. The molecule has 1 atom stereocenters. The number of carbonyl (C=O) groups is 2. The second-order valence-corrected chi connectivity index (χ2v) is 5.71. The molecule has 124 valence electrons. The number of amides is 2. The van der Waals surface area contributed by atoms with Gasteiger partial charge in [0, 0.05) is 18.7 Å². The number of piperidine rings is 1. The number of urea groups is 1. The summed E-state index contributed by atoms with van der Waals surface area (Å²) in [6.45, 7) is 0.780. The first-order valence-electron chi connectivity index (χ1n) is 7.79. The van der Waals surface area contributed by atoms with E-state index in [1.54, 1.807) is 12.4 Å². The first kappa shape index (κ1) is 15.9. The van der Waals surface area contributed by atoms with E-state index in [1.165, 1.54) is 4.90 Å². The molecule has 2 aromatic rings. The summed E-state index contributed by atoms with van der Waals surface area (Å²) < 4.78 is 0. The van der Waals surface area contributed by atoms with Crippen LogP contribution in [0.5, 0.6) is 0 Å². The van der Waals surface area contributed by atoms with Gasteiger partial charge in [-0.15, -0.1) is 0 Å². The number of aromatic nitrogens is 2. The molecule has 24 heavy (non-hydrogen) atoms. The molecule has 1 aliphatic rings. The van der Waals surface area contributed by atoms with Crippen molar-refractivity contribution >= 4 is 17.7 Å².